The Labute approximate surface area is 208 Å². The smallest absolute Gasteiger partial charge is 0.323 e. The number of piperidine rings is 1. The van der Waals surface area contributed by atoms with Gasteiger partial charge in [-0.25, -0.2) is 4.79 Å². The van der Waals surface area contributed by atoms with Crippen LogP contribution in [-0.4, -0.2) is 25.0 Å². The van der Waals surface area contributed by atoms with E-state index in [0.29, 0.717) is 16.9 Å². The van der Waals surface area contributed by atoms with Crippen LogP contribution in [0.3, 0.4) is 0 Å². The zero-order valence-corrected chi connectivity index (χ0v) is 20.8. The van der Waals surface area contributed by atoms with Gasteiger partial charge in [0.05, 0.1) is 17.3 Å². The summed E-state index contributed by atoms with van der Waals surface area (Å²) < 4.78 is 0.792. The predicted molar refractivity (Wildman–Crippen MR) is 142 cm³/mol. The first kappa shape index (κ1) is 23.8. The molecule has 0 radical (unpaired) electrons. The summed E-state index contributed by atoms with van der Waals surface area (Å²) in [6.07, 6.45) is 3.42. The van der Waals surface area contributed by atoms with Crippen LogP contribution in [0.1, 0.15) is 48.1 Å². The fourth-order valence-electron chi connectivity index (χ4n) is 4.15. The van der Waals surface area contributed by atoms with Crippen LogP contribution in [0.4, 0.5) is 21.9 Å². The van der Waals surface area contributed by atoms with Gasteiger partial charge in [0.2, 0.25) is 0 Å². The summed E-state index contributed by atoms with van der Waals surface area (Å²) in [6.45, 7) is 3.81. The molecule has 1 heterocycles. The highest BCUT2D eigenvalue weighted by Crippen LogP contribution is 2.28. The van der Waals surface area contributed by atoms with Crippen LogP contribution >= 0.6 is 15.9 Å². The fraction of sp³-hybridized carbons (Fsp3) is 0.259. The first-order chi connectivity index (χ1) is 16.5. The number of carbonyl (C=O) groups excluding carboxylic acids is 2. The van der Waals surface area contributed by atoms with Gasteiger partial charge >= 0.3 is 6.03 Å². The lowest BCUT2D eigenvalue weighted by molar-refractivity contribution is 0.0940. The third kappa shape index (κ3) is 5.97. The molecule has 3 N–H and O–H groups in total. The average Bonchev–Trinajstić information content (AvgIpc) is 2.86. The minimum atomic E-state index is -0.373. The molecule has 0 bridgehead atoms. The highest BCUT2D eigenvalue weighted by atomic mass is 79.9. The topological polar surface area (TPSA) is 73.5 Å². The largest absolute Gasteiger partial charge is 0.371 e. The first-order valence-electron chi connectivity index (χ1n) is 11.6. The van der Waals surface area contributed by atoms with E-state index in [0.717, 1.165) is 41.7 Å². The van der Waals surface area contributed by atoms with Crippen LogP contribution in [-0.2, 0) is 0 Å². The molecule has 1 aliphatic rings. The molecule has 1 saturated heterocycles. The molecule has 0 aromatic heterocycles. The van der Waals surface area contributed by atoms with Gasteiger partial charge in [-0.3, -0.25) is 4.79 Å². The van der Waals surface area contributed by atoms with Gasteiger partial charge in [-0.15, -0.1) is 0 Å². The van der Waals surface area contributed by atoms with E-state index < -0.39 is 0 Å². The summed E-state index contributed by atoms with van der Waals surface area (Å²) in [7, 11) is 0. The van der Waals surface area contributed by atoms with Gasteiger partial charge in [0.25, 0.3) is 5.91 Å². The van der Waals surface area contributed by atoms with E-state index >= 15 is 0 Å². The maximum Gasteiger partial charge on any atom is 0.323 e. The molecule has 3 aromatic rings. The summed E-state index contributed by atoms with van der Waals surface area (Å²) in [6, 6.07) is 22.3. The van der Waals surface area contributed by atoms with Gasteiger partial charge in [0.1, 0.15) is 0 Å². The molecule has 4 rings (SSSR count). The van der Waals surface area contributed by atoms with Gasteiger partial charge in [0.15, 0.2) is 0 Å². The highest BCUT2D eigenvalue weighted by Gasteiger charge is 2.21. The summed E-state index contributed by atoms with van der Waals surface area (Å²) in [5, 5.41) is 8.81. The maximum absolute atomic E-state index is 13.4. The number of urea groups is 1. The molecule has 1 atom stereocenters. The van der Waals surface area contributed by atoms with Crippen molar-refractivity contribution in [3.63, 3.8) is 0 Å². The van der Waals surface area contributed by atoms with Crippen LogP contribution < -0.4 is 20.9 Å². The minimum Gasteiger partial charge on any atom is -0.371 e. The number of halogens is 1. The quantitative estimate of drug-likeness (QED) is 0.343. The van der Waals surface area contributed by atoms with Crippen LogP contribution in [0, 0.1) is 0 Å². The SMILES string of the molecule is CC(NC(=O)c1cc(NC(=O)Nc2ccccc2Br)ccc1N1CCCCC1)c1ccccc1. The molecule has 34 heavy (non-hydrogen) atoms. The van der Waals surface area contributed by atoms with Crippen molar-refractivity contribution < 1.29 is 9.59 Å². The van der Waals surface area contributed by atoms with E-state index in [-0.39, 0.29) is 18.0 Å². The lowest BCUT2D eigenvalue weighted by Crippen LogP contribution is -2.33. The molecule has 1 aliphatic heterocycles. The summed E-state index contributed by atoms with van der Waals surface area (Å²) in [5.41, 5.74) is 3.72. The fourth-order valence-corrected chi connectivity index (χ4v) is 4.54. The molecular formula is C27H29BrN4O2. The van der Waals surface area contributed by atoms with Gasteiger partial charge in [-0.05, 0) is 78.0 Å². The molecule has 0 saturated carbocycles. The van der Waals surface area contributed by atoms with E-state index in [1.165, 1.54) is 6.42 Å². The van der Waals surface area contributed by atoms with Crippen molar-refractivity contribution in [2.75, 3.05) is 28.6 Å². The highest BCUT2D eigenvalue weighted by molar-refractivity contribution is 9.10. The molecule has 7 heteroatoms. The number of hydrogen-bond acceptors (Lipinski definition) is 3. The number of hydrogen-bond donors (Lipinski definition) is 3. The van der Waals surface area contributed by atoms with Gasteiger partial charge in [0, 0.05) is 28.9 Å². The van der Waals surface area contributed by atoms with Crippen LogP contribution in [0.5, 0.6) is 0 Å². The van der Waals surface area contributed by atoms with E-state index in [9.17, 15) is 9.59 Å². The maximum atomic E-state index is 13.4. The molecule has 1 fully saturated rings. The Morgan fingerprint density at radius 3 is 2.32 bits per heavy atom. The third-order valence-electron chi connectivity index (χ3n) is 5.97. The molecule has 1 unspecified atom stereocenters. The van der Waals surface area contributed by atoms with Crippen LogP contribution in [0.2, 0.25) is 0 Å². The van der Waals surface area contributed by atoms with Crippen molar-refractivity contribution in [3.05, 3.63) is 88.4 Å². The van der Waals surface area contributed by atoms with Crippen molar-refractivity contribution in [1.82, 2.24) is 5.32 Å². The van der Waals surface area contributed by atoms with Crippen molar-refractivity contribution in [3.8, 4) is 0 Å². The van der Waals surface area contributed by atoms with E-state index in [1.54, 1.807) is 6.07 Å². The second-order valence-corrected chi connectivity index (χ2v) is 9.30. The van der Waals surface area contributed by atoms with Crippen LogP contribution in [0.15, 0.2) is 77.3 Å². The van der Waals surface area contributed by atoms with Gasteiger partial charge in [-0.1, -0.05) is 42.5 Å². The zero-order valence-electron chi connectivity index (χ0n) is 19.2. The van der Waals surface area contributed by atoms with Crippen LogP contribution in [0.25, 0.3) is 0 Å². The molecular weight excluding hydrogens is 492 g/mol. The second-order valence-electron chi connectivity index (χ2n) is 8.44. The Kier molecular flexibility index (Phi) is 7.85. The molecule has 0 spiro atoms. The molecule has 3 aromatic carbocycles. The number of carbonyl (C=O) groups is 2. The normalized spacial score (nSPS) is 14.2. The Morgan fingerprint density at radius 1 is 0.882 bits per heavy atom. The monoisotopic (exact) mass is 520 g/mol. The number of amides is 3. The van der Waals surface area contributed by atoms with Crippen molar-refractivity contribution in [2.24, 2.45) is 0 Å². The predicted octanol–water partition coefficient (Wildman–Crippen LogP) is 6.57. The Balaban J connectivity index is 1.55. The summed E-state index contributed by atoms with van der Waals surface area (Å²) in [4.78, 5) is 28.3. The lowest BCUT2D eigenvalue weighted by Gasteiger charge is -2.31. The van der Waals surface area contributed by atoms with Crippen molar-refractivity contribution in [2.45, 2.75) is 32.2 Å². The average molecular weight is 521 g/mol. The minimum absolute atomic E-state index is 0.141. The Morgan fingerprint density at radius 2 is 1.59 bits per heavy atom. The molecule has 176 valence electrons. The van der Waals surface area contributed by atoms with E-state index in [2.05, 4.69) is 36.8 Å². The Bertz CT molecular complexity index is 1150. The summed E-state index contributed by atoms with van der Waals surface area (Å²) >= 11 is 3.44. The first-order valence-corrected chi connectivity index (χ1v) is 12.4. The number of para-hydroxylation sites is 1. The lowest BCUT2D eigenvalue weighted by atomic mass is 10.0. The number of anilines is 3. The number of rotatable bonds is 6. The third-order valence-corrected chi connectivity index (χ3v) is 6.66. The number of nitrogens with zero attached hydrogens (tertiary/aromatic N) is 1. The molecule has 6 nitrogen and oxygen atoms in total. The number of nitrogens with one attached hydrogen (secondary N) is 3. The van der Waals surface area contributed by atoms with Crippen molar-refractivity contribution >= 4 is 44.9 Å². The van der Waals surface area contributed by atoms with E-state index in [4.69, 9.17) is 0 Å². The Hall–Kier alpha value is -3.32. The molecule has 3 amide bonds. The van der Waals surface area contributed by atoms with Gasteiger partial charge < -0.3 is 20.9 Å². The standard InChI is InChI=1S/C27H29BrN4O2/c1-19(20-10-4-2-5-11-20)29-26(33)22-18-21(14-15-25(22)32-16-8-3-9-17-32)30-27(34)31-24-13-7-6-12-23(24)28/h2,4-7,10-15,18-19H,3,8-9,16-17H2,1H3,(H,29,33)(H2,30,31,34). The molecule has 0 aliphatic carbocycles. The van der Waals surface area contributed by atoms with Crippen molar-refractivity contribution in [1.29, 1.82) is 0 Å². The summed E-state index contributed by atoms with van der Waals surface area (Å²) in [5.74, 6) is -0.160. The number of benzene rings is 3. The van der Waals surface area contributed by atoms with Gasteiger partial charge in [-0.2, -0.15) is 0 Å². The van der Waals surface area contributed by atoms with E-state index in [1.807, 2.05) is 73.7 Å². The zero-order chi connectivity index (χ0) is 23.9. The second kappa shape index (κ2) is 11.2.